The second kappa shape index (κ2) is 4.51. The molecule has 1 aliphatic carbocycles. The molecule has 0 aromatic heterocycles. The van der Waals surface area contributed by atoms with Crippen LogP contribution in [0.2, 0.25) is 0 Å². The molecule has 0 amide bonds. The number of anilines is 1. The Morgan fingerprint density at radius 3 is 2.55 bits per heavy atom. The first-order valence-electron chi connectivity index (χ1n) is 7.64. The summed E-state index contributed by atoms with van der Waals surface area (Å²) in [4.78, 5) is 6.96. The van der Waals surface area contributed by atoms with Crippen molar-refractivity contribution in [2.75, 3.05) is 11.4 Å². The Bertz CT molecular complexity index is 547. The van der Waals surface area contributed by atoms with Gasteiger partial charge in [-0.15, -0.1) is 0 Å². The summed E-state index contributed by atoms with van der Waals surface area (Å²) >= 11 is 0. The van der Waals surface area contributed by atoms with E-state index >= 15 is 0 Å². The van der Waals surface area contributed by atoms with Gasteiger partial charge in [0, 0.05) is 5.69 Å². The molecule has 0 radical (unpaired) electrons. The molecular formula is C17H25N3. The van der Waals surface area contributed by atoms with Crippen LogP contribution < -0.4 is 10.6 Å². The predicted octanol–water partition coefficient (Wildman–Crippen LogP) is 3.47. The molecule has 1 aromatic carbocycles. The maximum atomic E-state index is 6.28. The van der Waals surface area contributed by atoms with Gasteiger partial charge in [-0.25, -0.2) is 0 Å². The van der Waals surface area contributed by atoms with Crippen LogP contribution in [0.5, 0.6) is 0 Å². The van der Waals surface area contributed by atoms with Gasteiger partial charge >= 0.3 is 0 Å². The van der Waals surface area contributed by atoms with Gasteiger partial charge in [-0.2, -0.15) is 0 Å². The van der Waals surface area contributed by atoms with Crippen LogP contribution in [0.3, 0.4) is 0 Å². The van der Waals surface area contributed by atoms with E-state index in [0.29, 0.717) is 5.96 Å². The number of hydrogen-bond acceptors (Lipinski definition) is 3. The standard InChI is InChI=1S/C17H25N3/c1-13-8-4-5-9-14(13)20-15(18)19-12-17(20)11-7-6-10-16(17,2)3/h4-5,8-9H,6-7,10-12H2,1-3H3,(H2,18,19). The molecule has 3 heteroatoms. The second-order valence-corrected chi connectivity index (χ2v) is 6.92. The average Bonchev–Trinajstić information content (AvgIpc) is 2.73. The molecule has 1 unspecified atom stereocenters. The summed E-state index contributed by atoms with van der Waals surface area (Å²) in [6, 6.07) is 8.51. The highest BCUT2D eigenvalue weighted by Gasteiger charge is 2.54. The molecule has 1 fully saturated rings. The van der Waals surface area contributed by atoms with Crippen LogP contribution >= 0.6 is 0 Å². The van der Waals surface area contributed by atoms with Crippen molar-refractivity contribution in [2.45, 2.75) is 52.0 Å². The topological polar surface area (TPSA) is 41.6 Å². The lowest BCUT2D eigenvalue weighted by atomic mass is 9.62. The smallest absolute Gasteiger partial charge is 0.196 e. The van der Waals surface area contributed by atoms with E-state index in [1.165, 1.54) is 36.9 Å². The SMILES string of the molecule is Cc1ccccc1N1C(N)=NCC12CCCCC2(C)C. The van der Waals surface area contributed by atoms with Crippen LogP contribution in [-0.2, 0) is 0 Å². The molecular weight excluding hydrogens is 246 g/mol. The van der Waals surface area contributed by atoms with E-state index in [4.69, 9.17) is 5.73 Å². The molecule has 2 aliphatic rings. The van der Waals surface area contributed by atoms with Crippen molar-refractivity contribution in [3.8, 4) is 0 Å². The fourth-order valence-electron chi connectivity index (χ4n) is 4.00. The van der Waals surface area contributed by atoms with Gasteiger partial charge in [0.2, 0.25) is 0 Å². The Kier molecular flexibility index (Phi) is 3.03. The maximum Gasteiger partial charge on any atom is 0.196 e. The van der Waals surface area contributed by atoms with Crippen LogP contribution in [-0.4, -0.2) is 18.0 Å². The first-order chi connectivity index (χ1) is 9.48. The van der Waals surface area contributed by atoms with Crippen LogP contribution in [0.4, 0.5) is 5.69 Å². The van der Waals surface area contributed by atoms with Gasteiger partial charge in [0.25, 0.3) is 0 Å². The first-order valence-corrected chi connectivity index (χ1v) is 7.64. The molecule has 108 valence electrons. The third kappa shape index (κ3) is 1.75. The number of para-hydroxylation sites is 1. The van der Waals surface area contributed by atoms with Gasteiger partial charge in [-0.1, -0.05) is 44.9 Å². The molecule has 1 saturated carbocycles. The van der Waals surface area contributed by atoms with Gasteiger partial charge in [0.15, 0.2) is 5.96 Å². The van der Waals surface area contributed by atoms with Crippen LogP contribution in [0.15, 0.2) is 29.3 Å². The molecule has 1 atom stereocenters. The summed E-state index contributed by atoms with van der Waals surface area (Å²) in [5.41, 5.74) is 9.07. The van der Waals surface area contributed by atoms with Crippen LogP contribution in [0, 0.1) is 12.3 Å². The van der Waals surface area contributed by atoms with Crippen molar-refractivity contribution in [3.63, 3.8) is 0 Å². The van der Waals surface area contributed by atoms with Crippen LogP contribution in [0.25, 0.3) is 0 Å². The zero-order chi connectivity index (χ0) is 14.4. The summed E-state index contributed by atoms with van der Waals surface area (Å²) in [5.74, 6) is 0.689. The minimum Gasteiger partial charge on any atom is -0.369 e. The molecule has 3 rings (SSSR count). The molecule has 1 aliphatic heterocycles. The van der Waals surface area contributed by atoms with Gasteiger partial charge in [-0.05, 0) is 36.8 Å². The molecule has 0 bridgehead atoms. The number of aryl methyl sites for hydroxylation is 1. The normalized spacial score (nSPS) is 28.8. The first kappa shape index (κ1) is 13.5. The van der Waals surface area contributed by atoms with Gasteiger partial charge in [0.1, 0.15) is 0 Å². The number of guanidine groups is 1. The Hall–Kier alpha value is -1.51. The molecule has 2 N–H and O–H groups in total. The number of nitrogens with two attached hydrogens (primary N) is 1. The summed E-state index contributed by atoms with van der Waals surface area (Å²) in [5, 5.41) is 0. The van der Waals surface area contributed by atoms with Crippen molar-refractivity contribution >= 4 is 11.6 Å². The fourth-order valence-corrected chi connectivity index (χ4v) is 4.00. The number of rotatable bonds is 1. The third-order valence-corrected chi connectivity index (χ3v) is 5.42. The van der Waals surface area contributed by atoms with E-state index in [1.54, 1.807) is 0 Å². The minimum absolute atomic E-state index is 0.0570. The Balaban J connectivity index is 2.11. The van der Waals surface area contributed by atoms with Crippen molar-refractivity contribution in [3.05, 3.63) is 29.8 Å². The monoisotopic (exact) mass is 271 g/mol. The summed E-state index contributed by atoms with van der Waals surface area (Å²) in [7, 11) is 0. The number of hydrogen-bond donors (Lipinski definition) is 1. The number of benzene rings is 1. The average molecular weight is 271 g/mol. The molecule has 1 spiro atoms. The van der Waals surface area contributed by atoms with Crippen molar-refractivity contribution in [2.24, 2.45) is 16.1 Å². The summed E-state index contributed by atoms with van der Waals surface area (Å²) < 4.78 is 0. The third-order valence-electron chi connectivity index (χ3n) is 5.42. The van der Waals surface area contributed by atoms with E-state index < -0.39 is 0 Å². The van der Waals surface area contributed by atoms with Gasteiger partial charge < -0.3 is 10.6 Å². The predicted molar refractivity (Wildman–Crippen MR) is 85.1 cm³/mol. The molecule has 1 aromatic rings. The zero-order valence-electron chi connectivity index (χ0n) is 12.8. The lowest BCUT2D eigenvalue weighted by Crippen LogP contribution is -2.61. The fraction of sp³-hybridized carbons (Fsp3) is 0.588. The summed E-state index contributed by atoms with van der Waals surface area (Å²) in [6.07, 6.45) is 5.02. The zero-order valence-corrected chi connectivity index (χ0v) is 12.8. The lowest BCUT2D eigenvalue weighted by molar-refractivity contribution is 0.115. The highest BCUT2D eigenvalue weighted by Crippen LogP contribution is 2.51. The minimum atomic E-state index is 0.0570. The lowest BCUT2D eigenvalue weighted by Gasteiger charge is -2.53. The maximum absolute atomic E-state index is 6.28. The van der Waals surface area contributed by atoms with Crippen LogP contribution in [0.1, 0.15) is 45.1 Å². The Morgan fingerprint density at radius 1 is 1.15 bits per heavy atom. The van der Waals surface area contributed by atoms with E-state index in [-0.39, 0.29) is 11.0 Å². The van der Waals surface area contributed by atoms with Gasteiger partial charge in [-0.3, -0.25) is 4.99 Å². The Morgan fingerprint density at radius 2 is 1.85 bits per heavy atom. The van der Waals surface area contributed by atoms with Crippen molar-refractivity contribution in [1.82, 2.24) is 0 Å². The van der Waals surface area contributed by atoms with Crippen molar-refractivity contribution in [1.29, 1.82) is 0 Å². The number of nitrogens with zero attached hydrogens (tertiary/aromatic N) is 2. The molecule has 0 saturated heterocycles. The van der Waals surface area contributed by atoms with E-state index in [9.17, 15) is 0 Å². The van der Waals surface area contributed by atoms with Gasteiger partial charge in [0.05, 0.1) is 12.1 Å². The van der Waals surface area contributed by atoms with E-state index in [0.717, 1.165) is 6.54 Å². The number of aliphatic imine (C=N–C) groups is 1. The highest BCUT2D eigenvalue weighted by atomic mass is 15.4. The second-order valence-electron chi connectivity index (χ2n) is 6.92. The largest absolute Gasteiger partial charge is 0.369 e. The quantitative estimate of drug-likeness (QED) is 0.849. The molecule has 3 nitrogen and oxygen atoms in total. The van der Waals surface area contributed by atoms with E-state index in [2.05, 4.69) is 54.9 Å². The van der Waals surface area contributed by atoms with E-state index in [1.807, 2.05) is 0 Å². The molecule has 1 heterocycles. The Labute approximate surface area is 121 Å². The molecule has 20 heavy (non-hydrogen) atoms. The summed E-state index contributed by atoms with van der Waals surface area (Å²) in [6.45, 7) is 7.75. The van der Waals surface area contributed by atoms with Crippen molar-refractivity contribution < 1.29 is 0 Å². The highest BCUT2D eigenvalue weighted by molar-refractivity contribution is 5.99.